The van der Waals surface area contributed by atoms with Gasteiger partial charge in [-0.3, -0.25) is 9.11 Å². The first kappa shape index (κ1) is 25.7. The second-order valence-corrected chi connectivity index (χ2v) is 10.6. The van der Waals surface area contributed by atoms with E-state index in [9.17, 15) is 16.8 Å². The Morgan fingerprint density at radius 1 is 0.893 bits per heavy atom. The van der Waals surface area contributed by atoms with E-state index in [0.29, 0.717) is 51.4 Å². The van der Waals surface area contributed by atoms with Gasteiger partial charge in [-0.1, -0.05) is 6.92 Å². The largest absolute Gasteiger partial charge is 0.379 e. The third-order valence-electron chi connectivity index (χ3n) is 4.56. The Morgan fingerprint density at radius 3 is 2.04 bits per heavy atom. The molecule has 0 radical (unpaired) electrons. The van der Waals surface area contributed by atoms with E-state index in [1.165, 1.54) is 0 Å². The van der Waals surface area contributed by atoms with Crippen molar-refractivity contribution in [2.45, 2.75) is 64.1 Å². The zero-order chi connectivity index (χ0) is 21.0. The van der Waals surface area contributed by atoms with Crippen LogP contribution in [0.2, 0.25) is 0 Å². The van der Waals surface area contributed by atoms with Crippen LogP contribution in [0.1, 0.15) is 51.9 Å². The van der Waals surface area contributed by atoms with Gasteiger partial charge in [0.2, 0.25) is 0 Å². The lowest BCUT2D eigenvalue weighted by molar-refractivity contribution is -0.0772. The SMILES string of the molecule is CC1CC[C@@H](OCC(COCCCCS(=O)(=O)O)OCCCCS(=O)(=O)O)C1. The number of unbranched alkanes of at least 4 members (excludes halogenated alkanes) is 2. The molecule has 168 valence electrons. The van der Waals surface area contributed by atoms with E-state index >= 15 is 0 Å². The molecule has 0 bridgehead atoms. The fourth-order valence-corrected chi connectivity index (χ4v) is 4.17. The average molecular weight is 447 g/mol. The Labute approximate surface area is 168 Å². The molecule has 0 spiro atoms. The van der Waals surface area contributed by atoms with Gasteiger partial charge in [-0.05, 0) is 50.9 Å². The molecule has 0 aromatic rings. The molecule has 1 saturated carbocycles. The van der Waals surface area contributed by atoms with E-state index < -0.39 is 20.2 Å². The first-order chi connectivity index (χ1) is 13.1. The molecule has 0 amide bonds. The Bertz CT molecular complexity index is 619. The van der Waals surface area contributed by atoms with E-state index in [4.69, 9.17) is 23.3 Å². The van der Waals surface area contributed by atoms with Crippen molar-refractivity contribution in [1.29, 1.82) is 0 Å². The van der Waals surface area contributed by atoms with Crippen molar-refractivity contribution in [3.63, 3.8) is 0 Å². The summed E-state index contributed by atoms with van der Waals surface area (Å²) in [6, 6.07) is 0. The molecule has 9 nitrogen and oxygen atoms in total. The van der Waals surface area contributed by atoms with Crippen molar-refractivity contribution in [3.8, 4) is 0 Å². The van der Waals surface area contributed by atoms with Crippen LogP contribution in [0.5, 0.6) is 0 Å². The molecule has 0 heterocycles. The van der Waals surface area contributed by atoms with Crippen molar-refractivity contribution >= 4 is 20.2 Å². The molecule has 0 aliphatic heterocycles. The van der Waals surface area contributed by atoms with Gasteiger partial charge in [0.05, 0.1) is 30.8 Å². The van der Waals surface area contributed by atoms with E-state index in [0.717, 1.165) is 19.3 Å². The Morgan fingerprint density at radius 2 is 1.50 bits per heavy atom. The maximum atomic E-state index is 10.7. The lowest BCUT2D eigenvalue weighted by atomic mass is 10.1. The summed E-state index contributed by atoms with van der Waals surface area (Å²) < 4.78 is 77.4. The monoisotopic (exact) mass is 446 g/mol. The molecule has 1 aliphatic carbocycles. The van der Waals surface area contributed by atoms with Crippen molar-refractivity contribution in [2.75, 3.05) is 37.9 Å². The van der Waals surface area contributed by atoms with Gasteiger partial charge in [0.1, 0.15) is 6.10 Å². The van der Waals surface area contributed by atoms with Gasteiger partial charge >= 0.3 is 0 Å². The molecule has 1 aliphatic rings. The van der Waals surface area contributed by atoms with Gasteiger partial charge in [0.15, 0.2) is 0 Å². The van der Waals surface area contributed by atoms with Crippen LogP contribution in [0.15, 0.2) is 0 Å². The van der Waals surface area contributed by atoms with Crippen molar-refractivity contribution < 1.29 is 40.2 Å². The third kappa shape index (κ3) is 14.7. The number of hydrogen-bond donors (Lipinski definition) is 2. The summed E-state index contributed by atoms with van der Waals surface area (Å²) in [5, 5.41) is 0. The highest BCUT2D eigenvalue weighted by molar-refractivity contribution is 7.86. The molecule has 0 aromatic heterocycles. The smallest absolute Gasteiger partial charge is 0.264 e. The van der Waals surface area contributed by atoms with Gasteiger partial charge in [0, 0.05) is 13.2 Å². The van der Waals surface area contributed by atoms with E-state index in [1.807, 2.05) is 0 Å². The minimum absolute atomic E-state index is 0.218. The molecular weight excluding hydrogens is 412 g/mol. The molecule has 2 unspecified atom stereocenters. The summed E-state index contributed by atoms with van der Waals surface area (Å²) >= 11 is 0. The molecular formula is C17H34O9S2. The van der Waals surface area contributed by atoms with Crippen LogP contribution in [-0.4, -0.2) is 76.1 Å². The molecule has 2 N–H and O–H groups in total. The third-order valence-corrected chi connectivity index (χ3v) is 6.17. The fourth-order valence-electron chi connectivity index (χ4n) is 3.03. The predicted molar refractivity (Wildman–Crippen MR) is 105 cm³/mol. The molecule has 28 heavy (non-hydrogen) atoms. The summed E-state index contributed by atoms with van der Waals surface area (Å²) in [5.41, 5.74) is 0. The fraction of sp³-hybridized carbons (Fsp3) is 1.00. The first-order valence-corrected chi connectivity index (χ1v) is 13.0. The summed E-state index contributed by atoms with van der Waals surface area (Å²) in [7, 11) is -7.89. The van der Waals surface area contributed by atoms with E-state index in [1.54, 1.807) is 0 Å². The van der Waals surface area contributed by atoms with Crippen LogP contribution in [-0.2, 0) is 34.4 Å². The van der Waals surface area contributed by atoms with E-state index in [2.05, 4.69) is 6.92 Å². The van der Waals surface area contributed by atoms with Crippen molar-refractivity contribution in [3.05, 3.63) is 0 Å². The summed E-state index contributed by atoms with van der Waals surface area (Å²) in [6.45, 7) is 3.53. The molecule has 11 heteroatoms. The van der Waals surface area contributed by atoms with Gasteiger partial charge < -0.3 is 14.2 Å². The number of ether oxygens (including phenoxy) is 3. The summed E-state index contributed by atoms with van der Waals surface area (Å²) in [4.78, 5) is 0. The van der Waals surface area contributed by atoms with Crippen LogP contribution in [0.3, 0.4) is 0 Å². The zero-order valence-corrected chi connectivity index (χ0v) is 18.1. The van der Waals surface area contributed by atoms with Crippen LogP contribution in [0, 0.1) is 5.92 Å². The Hall–Kier alpha value is -0.300. The quantitative estimate of drug-likeness (QED) is 0.269. The van der Waals surface area contributed by atoms with Gasteiger partial charge in [0.25, 0.3) is 20.2 Å². The van der Waals surface area contributed by atoms with Crippen LogP contribution >= 0.6 is 0 Å². The van der Waals surface area contributed by atoms with Gasteiger partial charge in [-0.2, -0.15) is 16.8 Å². The average Bonchev–Trinajstić information content (AvgIpc) is 2.98. The van der Waals surface area contributed by atoms with Gasteiger partial charge in [-0.15, -0.1) is 0 Å². The van der Waals surface area contributed by atoms with Crippen molar-refractivity contribution in [1.82, 2.24) is 0 Å². The Kier molecular flexibility index (Phi) is 12.0. The maximum Gasteiger partial charge on any atom is 0.264 e. The summed E-state index contributed by atoms with van der Waals surface area (Å²) in [6.07, 6.45) is 4.73. The topological polar surface area (TPSA) is 136 Å². The van der Waals surface area contributed by atoms with Gasteiger partial charge in [-0.25, -0.2) is 0 Å². The highest BCUT2D eigenvalue weighted by Crippen LogP contribution is 2.27. The highest BCUT2D eigenvalue weighted by Gasteiger charge is 2.23. The van der Waals surface area contributed by atoms with E-state index in [-0.39, 0.29) is 30.3 Å². The lowest BCUT2D eigenvalue weighted by Crippen LogP contribution is -2.29. The Balaban J connectivity index is 2.26. The molecule has 1 fully saturated rings. The van der Waals surface area contributed by atoms with Crippen LogP contribution in [0.25, 0.3) is 0 Å². The maximum absolute atomic E-state index is 10.7. The van der Waals surface area contributed by atoms with Crippen LogP contribution < -0.4 is 0 Å². The molecule has 3 atom stereocenters. The predicted octanol–water partition coefficient (Wildman–Crippen LogP) is 1.93. The van der Waals surface area contributed by atoms with Crippen LogP contribution in [0.4, 0.5) is 0 Å². The highest BCUT2D eigenvalue weighted by atomic mass is 32.2. The minimum Gasteiger partial charge on any atom is -0.379 e. The molecule has 0 saturated heterocycles. The lowest BCUT2D eigenvalue weighted by Gasteiger charge is -2.21. The summed E-state index contributed by atoms with van der Waals surface area (Å²) in [5.74, 6) is 0.0817. The second-order valence-electron chi connectivity index (χ2n) is 7.43. The second kappa shape index (κ2) is 13.1. The first-order valence-electron chi connectivity index (χ1n) is 9.76. The zero-order valence-electron chi connectivity index (χ0n) is 16.5. The molecule has 0 aromatic carbocycles. The molecule has 1 rings (SSSR count). The normalized spacial score (nSPS) is 21.8. The number of hydrogen-bond acceptors (Lipinski definition) is 7. The standard InChI is InChI=1S/C17H34O9S2/c1-15-6-7-16(12-15)26-14-17(25-9-3-5-11-28(21,22)23)13-24-8-2-4-10-27(18,19)20/h15-17H,2-14H2,1H3,(H,18,19,20)(H,21,22,23)/t15?,16-,17?/m1/s1. The van der Waals surface area contributed by atoms with Crippen molar-refractivity contribution in [2.24, 2.45) is 5.92 Å². The number of rotatable bonds is 16. The minimum atomic E-state index is -3.95.